The Morgan fingerprint density at radius 1 is 1.15 bits per heavy atom. The molecule has 3 N–H and O–H groups in total. The van der Waals surface area contributed by atoms with Gasteiger partial charge in [-0.25, -0.2) is 0 Å². The van der Waals surface area contributed by atoms with Crippen molar-refractivity contribution in [2.24, 2.45) is 5.73 Å². The molecular weight excluding hydrogens is 352 g/mol. The van der Waals surface area contributed by atoms with E-state index in [0.29, 0.717) is 36.9 Å². The molecule has 1 saturated heterocycles. The van der Waals surface area contributed by atoms with Crippen molar-refractivity contribution in [1.29, 1.82) is 0 Å². The molecule has 0 aliphatic carbocycles. The molecule has 0 saturated carbocycles. The number of ether oxygens (including phenoxy) is 2. The summed E-state index contributed by atoms with van der Waals surface area (Å²) in [5, 5.41) is 3.52. The van der Waals surface area contributed by atoms with Gasteiger partial charge in [-0.05, 0) is 36.1 Å². The largest absolute Gasteiger partial charge is 0.487 e. The topological polar surface area (TPSA) is 73.6 Å². The van der Waals surface area contributed by atoms with Crippen molar-refractivity contribution in [3.05, 3.63) is 64.7 Å². The summed E-state index contributed by atoms with van der Waals surface area (Å²) >= 11 is 6.12. The van der Waals surface area contributed by atoms with Gasteiger partial charge in [0.15, 0.2) is 0 Å². The van der Waals surface area contributed by atoms with E-state index in [1.54, 1.807) is 6.07 Å². The summed E-state index contributed by atoms with van der Waals surface area (Å²) in [5.41, 5.74) is 7.59. The van der Waals surface area contributed by atoms with Crippen LogP contribution < -0.4 is 15.8 Å². The molecule has 0 bridgehead atoms. The highest BCUT2D eigenvalue weighted by molar-refractivity contribution is 6.32. The van der Waals surface area contributed by atoms with E-state index in [-0.39, 0.29) is 12.0 Å². The molecule has 2 aromatic rings. The average molecular weight is 375 g/mol. The van der Waals surface area contributed by atoms with E-state index >= 15 is 0 Å². The van der Waals surface area contributed by atoms with Crippen molar-refractivity contribution in [2.75, 3.05) is 6.54 Å². The molecule has 0 spiro atoms. The summed E-state index contributed by atoms with van der Waals surface area (Å²) in [4.78, 5) is 12.3. The van der Waals surface area contributed by atoms with Gasteiger partial charge in [-0.15, -0.1) is 0 Å². The molecule has 1 aliphatic heterocycles. The summed E-state index contributed by atoms with van der Waals surface area (Å²) in [6.45, 7) is 1.25. The summed E-state index contributed by atoms with van der Waals surface area (Å²) in [6, 6.07) is 15.2. The normalized spacial score (nSPS) is 19.3. The number of para-hydroxylation sites is 1. The quantitative estimate of drug-likeness (QED) is 0.781. The van der Waals surface area contributed by atoms with Gasteiger partial charge >= 0.3 is 0 Å². The molecule has 1 aliphatic rings. The SMILES string of the molecule is NC[C@H]1CC[C@@H](C(=O)NCc2ccccc2COc2ccccc2Cl)O1. The van der Waals surface area contributed by atoms with Crippen molar-refractivity contribution < 1.29 is 14.3 Å². The van der Waals surface area contributed by atoms with Gasteiger partial charge in [0.05, 0.1) is 11.1 Å². The van der Waals surface area contributed by atoms with E-state index in [1.165, 1.54) is 0 Å². The molecule has 0 aromatic heterocycles. The Labute approximate surface area is 158 Å². The number of carbonyl (C=O) groups excluding carboxylic acids is 1. The second-order valence-electron chi connectivity index (χ2n) is 6.27. The highest BCUT2D eigenvalue weighted by Crippen LogP contribution is 2.24. The number of halogens is 1. The smallest absolute Gasteiger partial charge is 0.249 e. The maximum absolute atomic E-state index is 12.3. The van der Waals surface area contributed by atoms with E-state index < -0.39 is 6.10 Å². The third kappa shape index (κ3) is 4.75. The third-order valence-corrected chi connectivity index (χ3v) is 4.77. The molecule has 26 heavy (non-hydrogen) atoms. The lowest BCUT2D eigenvalue weighted by molar-refractivity contribution is -0.132. The molecule has 2 atom stereocenters. The highest BCUT2D eigenvalue weighted by Gasteiger charge is 2.29. The van der Waals surface area contributed by atoms with Crippen LogP contribution in [0.1, 0.15) is 24.0 Å². The lowest BCUT2D eigenvalue weighted by atomic mass is 10.1. The Hall–Kier alpha value is -2.08. The minimum absolute atomic E-state index is 0.0120. The first kappa shape index (κ1) is 18.7. The minimum atomic E-state index is -0.407. The van der Waals surface area contributed by atoms with Crippen LogP contribution in [0.15, 0.2) is 48.5 Å². The van der Waals surface area contributed by atoms with Crippen LogP contribution in [0.2, 0.25) is 5.02 Å². The molecule has 6 heteroatoms. The van der Waals surface area contributed by atoms with Crippen LogP contribution in [0.5, 0.6) is 5.75 Å². The number of nitrogens with one attached hydrogen (secondary N) is 1. The van der Waals surface area contributed by atoms with Crippen molar-refractivity contribution >= 4 is 17.5 Å². The monoisotopic (exact) mass is 374 g/mol. The van der Waals surface area contributed by atoms with Crippen molar-refractivity contribution in [2.45, 2.75) is 38.2 Å². The molecule has 0 radical (unpaired) electrons. The van der Waals surface area contributed by atoms with Gasteiger partial charge in [0.2, 0.25) is 5.91 Å². The molecule has 1 amide bonds. The third-order valence-electron chi connectivity index (χ3n) is 4.45. The lowest BCUT2D eigenvalue weighted by Crippen LogP contribution is -2.35. The number of nitrogens with two attached hydrogens (primary N) is 1. The fourth-order valence-electron chi connectivity index (χ4n) is 2.96. The fraction of sp³-hybridized carbons (Fsp3) is 0.350. The maximum atomic E-state index is 12.3. The first-order valence-corrected chi connectivity index (χ1v) is 9.12. The predicted octanol–water partition coefficient (Wildman–Crippen LogP) is 3.04. The van der Waals surface area contributed by atoms with Crippen molar-refractivity contribution in [1.82, 2.24) is 5.32 Å². The van der Waals surface area contributed by atoms with Crippen LogP contribution >= 0.6 is 11.6 Å². The number of hydrogen-bond donors (Lipinski definition) is 2. The Morgan fingerprint density at radius 2 is 1.88 bits per heavy atom. The molecular formula is C20H23ClN2O3. The van der Waals surface area contributed by atoms with Crippen LogP contribution in [0.4, 0.5) is 0 Å². The van der Waals surface area contributed by atoms with Crippen LogP contribution in [-0.4, -0.2) is 24.7 Å². The number of benzene rings is 2. The number of amides is 1. The zero-order valence-corrected chi connectivity index (χ0v) is 15.2. The predicted molar refractivity (Wildman–Crippen MR) is 101 cm³/mol. The second kappa shape index (κ2) is 9.03. The zero-order valence-electron chi connectivity index (χ0n) is 14.5. The fourth-order valence-corrected chi connectivity index (χ4v) is 3.15. The Morgan fingerprint density at radius 3 is 2.62 bits per heavy atom. The summed E-state index contributed by atoms with van der Waals surface area (Å²) in [7, 11) is 0. The first-order chi connectivity index (χ1) is 12.7. The van der Waals surface area contributed by atoms with E-state index in [1.807, 2.05) is 42.5 Å². The molecule has 138 valence electrons. The summed E-state index contributed by atoms with van der Waals surface area (Å²) in [6.07, 6.45) is 1.12. The number of hydrogen-bond acceptors (Lipinski definition) is 4. The molecule has 1 fully saturated rings. The Bertz CT molecular complexity index is 753. The standard InChI is InChI=1S/C20H23ClN2O3/c21-17-7-3-4-8-18(17)25-13-15-6-2-1-5-14(15)12-23-20(24)19-10-9-16(11-22)26-19/h1-8,16,19H,9-13,22H2,(H,23,24)/t16-,19+/m1/s1. The van der Waals surface area contributed by atoms with Gasteiger partial charge in [-0.3, -0.25) is 4.79 Å². The second-order valence-corrected chi connectivity index (χ2v) is 6.67. The van der Waals surface area contributed by atoms with Crippen LogP contribution in [0, 0.1) is 0 Å². The first-order valence-electron chi connectivity index (χ1n) is 8.74. The van der Waals surface area contributed by atoms with E-state index in [4.69, 9.17) is 26.8 Å². The van der Waals surface area contributed by atoms with Crippen molar-refractivity contribution in [3.63, 3.8) is 0 Å². The highest BCUT2D eigenvalue weighted by atomic mass is 35.5. The average Bonchev–Trinajstić information content (AvgIpc) is 3.15. The van der Waals surface area contributed by atoms with E-state index in [0.717, 1.165) is 17.5 Å². The van der Waals surface area contributed by atoms with Crippen LogP contribution in [-0.2, 0) is 22.7 Å². The number of carbonyl (C=O) groups is 1. The van der Waals surface area contributed by atoms with Crippen molar-refractivity contribution in [3.8, 4) is 5.75 Å². The van der Waals surface area contributed by atoms with Gasteiger partial charge in [-0.2, -0.15) is 0 Å². The van der Waals surface area contributed by atoms with Gasteiger partial charge in [0.25, 0.3) is 0 Å². The van der Waals surface area contributed by atoms with Gasteiger partial charge in [0.1, 0.15) is 18.5 Å². The molecule has 2 aromatic carbocycles. The van der Waals surface area contributed by atoms with E-state index in [9.17, 15) is 4.79 Å². The molecule has 1 heterocycles. The molecule has 0 unspecified atom stereocenters. The Balaban J connectivity index is 1.57. The Kier molecular flexibility index (Phi) is 6.50. The zero-order chi connectivity index (χ0) is 18.4. The van der Waals surface area contributed by atoms with Gasteiger partial charge in [0, 0.05) is 13.1 Å². The number of rotatable bonds is 7. The van der Waals surface area contributed by atoms with Crippen LogP contribution in [0.25, 0.3) is 0 Å². The summed E-state index contributed by atoms with van der Waals surface area (Å²) in [5.74, 6) is 0.544. The van der Waals surface area contributed by atoms with E-state index in [2.05, 4.69) is 5.32 Å². The molecule has 5 nitrogen and oxygen atoms in total. The van der Waals surface area contributed by atoms with Crippen LogP contribution in [0.3, 0.4) is 0 Å². The van der Waals surface area contributed by atoms with Gasteiger partial charge < -0.3 is 20.5 Å². The summed E-state index contributed by atoms with van der Waals surface area (Å²) < 4.78 is 11.4. The molecule has 3 rings (SSSR count). The van der Waals surface area contributed by atoms with Gasteiger partial charge in [-0.1, -0.05) is 48.0 Å². The minimum Gasteiger partial charge on any atom is -0.487 e. The lowest BCUT2D eigenvalue weighted by Gasteiger charge is -2.15. The maximum Gasteiger partial charge on any atom is 0.249 e.